The fourth-order valence-corrected chi connectivity index (χ4v) is 0. The van der Waals surface area contributed by atoms with Gasteiger partial charge >= 0.3 is 0 Å². The van der Waals surface area contributed by atoms with Crippen molar-refractivity contribution in [1.29, 1.82) is 0 Å². The fraction of sp³-hybridized carbons (Fsp3) is 1.00. The second kappa shape index (κ2) is 26.1. The molecule has 17 heavy (non-hydrogen) atoms. The van der Waals surface area contributed by atoms with Crippen molar-refractivity contribution in [3.8, 4) is 0 Å². The molecule has 0 aromatic rings. The van der Waals surface area contributed by atoms with Crippen LogP contribution in [0.4, 0.5) is 0 Å². The molecule has 0 aromatic carbocycles. The molecule has 104 valence electrons. The third kappa shape index (κ3) is 2080. The average molecular weight is 365 g/mol. The van der Waals surface area contributed by atoms with E-state index in [1.165, 1.54) is 0 Å². The minimum Gasteiger partial charge on any atom is -0.0715 e. The first-order valence-corrected chi connectivity index (χ1v) is 18.0. The Hall–Kier alpha value is 1.41. The Morgan fingerprint density at radius 2 is 0.294 bits per heavy atom. The van der Waals surface area contributed by atoms with Crippen molar-refractivity contribution in [2.24, 2.45) is 0 Å². The van der Waals surface area contributed by atoms with E-state index in [0.717, 1.165) is 0 Å². The van der Waals surface area contributed by atoms with Crippen molar-refractivity contribution < 1.29 is 0 Å². The first-order valence-electron chi connectivity index (χ1n) is 6.00. The number of hydrogen-bond acceptors (Lipinski definition) is 0. The van der Waals surface area contributed by atoms with Crippen molar-refractivity contribution in [1.82, 2.24) is 0 Å². The zero-order chi connectivity index (χ0) is 14.3. The minimum atomic E-state index is 0. The smallest absolute Gasteiger partial charge is 0.0379 e. The molecule has 8 radical (unpaired) electrons. The van der Waals surface area contributed by atoms with Crippen molar-refractivity contribution >= 4 is 52.8 Å². The van der Waals surface area contributed by atoms with E-state index in [1.807, 2.05) is 0 Å². The van der Waals surface area contributed by atoms with Gasteiger partial charge in [-0.25, -0.2) is 0 Å². The molecule has 0 atom stereocenters. The summed E-state index contributed by atoms with van der Waals surface area (Å²) in [5.41, 5.74) is 0. The summed E-state index contributed by atoms with van der Waals surface area (Å²) in [5, 5.41) is 0. The third-order valence-electron chi connectivity index (χ3n) is 0. The predicted molar refractivity (Wildman–Crippen MR) is 99.1 cm³/mol. The van der Waals surface area contributed by atoms with E-state index in [9.17, 15) is 0 Å². The Morgan fingerprint density at radius 1 is 0.294 bits per heavy atom. The van der Waals surface area contributed by atoms with Gasteiger partial charge < -0.3 is 0 Å². The summed E-state index contributed by atoms with van der Waals surface area (Å²) in [6.07, 6.45) is 0. The maximum absolute atomic E-state index is 2.27. The first-order chi connectivity index (χ1) is 6.93. The molecular weight excluding hydrogens is 329 g/mol. The molecule has 0 aromatic heterocycles. The van der Waals surface area contributed by atoms with E-state index in [1.54, 1.807) is 0 Å². The quantitative estimate of drug-likeness (QED) is 0.524. The van der Waals surface area contributed by atoms with Gasteiger partial charge in [0.2, 0.25) is 0 Å². The van der Waals surface area contributed by atoms with Crippen LogP contribution in [0, 0.1) is 0 Å². The summed E-state index contributed by atoms with van der Waals surface area (Å²) in [7, 11) is 0.481. The molecule has 0 N–H and O–H groups in total. The van der Waals surface area contributed by atoms with Gasteiger partial charge in [-0.15, -0.1) is 0 Å². The van der Waals surface area contributed by atoms with Gasteiger partial charge in [0.05, 0.1) is 0 Å². The summed E-state index contributed by atoms with van der Waals surface area (Å²) in [5.74, 6) is 0. The number of hydrogen-bond donors (Lipinski definition) is 0. The largest absolute Gasteiger partial charge is 0.0715 e. The van der Waals surface area contributed by atoms with Crippen LogP contribution < -0.4 is 0 Å². The van der Waals surface area contributed by atoms with E-state index in [0.29, 0.717) is 0 Å². The van der Waals surface area contributed by atoms with Gasteiger partial charge in [-0.05, 0) is 0 Å². The second-order valence-electron chi connectivity index (χ2n) is 6.00. The van der Waals surface area contributed by atoms with Gasteiger partial charge in [0.1, 0.15) is 0 Å². The Morgan fingerprint density at radius 3 is 0.294 bits per heavy atom. The van der Waals surface area contributed by atoms with Gasteiger partial charge in [0.15, 0.2) is 0 Å². The summed E-state index contributed by atoms with van der Waals surface area (Å²) >= 11 is 0. The zero-order valence-electron chi connectivity index (χ0n) is 14.5. The third-order valence-corrected chi connectivity index (χ3v) is 0. The van der Waals surface area contributed by atoms with E-state index >= 15 is 0 Å². The monoisotopic (exact) mass is 366 g/mol. The van der Waals surface area contributed by atoms with Crippen LogP contribution >= 0.6 is 0 Å². The van der Waals surface area contributed by atoms with Crippen molar-refractivity contribution in [2.45, 2.75) is 78.6 Å². The molecule has 0 aliphatic carbocycles. The van der Waals surface area contributed by atoms with Gasteiger partial charge in [-0.2, -0.15) is 0 Å². The Bertz CT molecular complexity index is 61.5. The van der Waals surface area contributed by atoms with Crippen LogP contribution in [-0.4, -0.2) is 52.8 Å². The van der Waals surface area contributed by atoms with Crippen LogP contribution in [0.25, 0.3) is 0 Å². The normalized spacial score (nSPS) is 8.47. The van der Waals surface area contributed by atoms with Crippen LogP contribution in [0.3, 0.4) is 0 Å². The molecule has 5 heteroatoms. The maximum atomic E-state index is 2.27. The first kappa shape index (κ1) is 31.0. The molecular formula is C12H36GeSi4. The van der Waals surface area contributed by atoms with Gasteiger partial charge in [0.25, 0.3) is 0 Å². The van der Waals surface area contributed by atoms with Crippen LogP contribution in [0.15, 0.2) is 0 Å². The van der Waals surface area contributed by atoms with Crippen molar-refractivity contribution in [3.05, 3.63) is 0 Å². The Labute approximate surface area is 131 Å². The molecule has 0 saturated heterocycles. The molecule has 0 fully saturated rings. The second-order valence-corrected chi connectivity index (χ2v) is 18.0. The van der Waals surface area contributed by atoms with Crippen LogP contribution in [0.5, 0.6) is 0 Å². The molecule has 0 heterocycles. The average Bonchev–Trinajstić information content (AvgIpc) is 1.76. The van der Waals surface area contributed by atoms with Crippen LogP contribution in [0.2, 0.25) is 78.6 Å². The summed E-state index contributed by atoms with van der Waals surface area (Å²) in [4.78, 5) is 0. The van der Waals surface area contributed by atoms with Crippen LogP contribution in [-0.2, 0) is 0 Å². The molecule has 0 amide bonds. The van der Waals surface area contributed by atoms with Crippen molar-refractivity contribution in [3.63, 3.8) is 0 Å². The molecule has 0 unspecified atom stereocenters. The molecule has 0 saturated carbocycles. The van der Waals surface area contributed by atoms with E-state index in [2.05, 4.69) is 78.6 Å². The van der Waals surface area contributed by atoms with Crippen molar-refractivity contribution in [2.75, 3.05) is 0 Å². The Kier molecular flexibility index (Phi) is 47.6. The zero-order valence-corrected chi connectivity index (χ0v) is 20.6. The maximum Gasteiger partial charge on any atom is 0.0379 e. The van der Waals surface area contributed by atoms with E-state index in [-0.39, 0.29) is 52.8 Å². The summed E-state index contributed by atoms with van der Waals surface area (Å²) < 4.78 is 0. The van der Waals surface area contributed by atoms with Gasteiger partial charge in [0, 0.05) is 52.8 Å². The molecule has 0 aliphatic heterocycles. The van der Waals surface area contributed by atoms with E-state index in [4.69, 9.17) is 0 Å². The summed E-state index contributed by atoms with van der Waals surface area (Å²) in [6, 6.07) is 0. The van der Waals surface area contributed by atoms with Crippen LogP contribution in [0.1, 0.15) is 0 Å². The summed E-state index contributed by atoms with van der Waals surface area (Å²) in [6.45, 7) is 27.2. The molecule has 0 nitrogen and oxygen atoms in total. The molecule has 0 bridgehead atoms. The molecule has 0 spiro atoms. The van der Waals surface area contributed by atoms with E-state index < -0.39 is 0 Å². The molecule has 0 aliphatic rings. The topological polar surface area (TPSA) is 0 Å². The standard InChI is InChI=1S/4C3H9Si.Ge/c4*1-4(2)3;/h4*1-3H3;. The Balaban J connectivity index is -0.0000000369. The molecule has 0 rings (SSSR count). The predicted octanol–water partition coefficient (Wildman–Crippen LogP) is 5.10. The van der Waals surface area contributed by atoms with Gasteiger partial charge in [-0.1, -0.05) is 78.6 Å². The SMILES string of the molecule is C[Si](C)C.C[Si](C)C.C[Si](C)C.C[Si](C)C.[Ge]. The minimum absolute atomic E-state index is 0. The van der Waals surface area contributed by atoms with Gasteiger partial charge in [-0.3, -0.25) is 0 Å². The fourth-order valence-electron chi connectivity index (χ4n) is 0. The number of rotatable bonds is 0.